The maximum absolute atomic E-state index is 12.0. The van der Waals surface area contributed by atoms with E-state index in [1.54, 1.807) is 12.1 Å². The van der Waals surface area contributed by atoms with Crippen molar-refractivity contribution >= 4 is 17.3 Å². The topological polar surface area (TPSA) is 21.3 Å². The van der Waals surface area contributed by atoms with Crippen LogP contribution in [0.3, 0.4) is 0 Å². The van der Waals surface area contributed by atoms with Crippen molar-refractivity contribution in [2.45, 2.75) is 20.1 Å². The van der Waals surface area contributed by atoms with Crippen LogP contribution in [0.2, 0.25) is 5.02 Å². The third-order valence-corrected chi connectivity index (χ3v) is 3.22. The Morgan fingerprint density at radius 3 is 2.45 bits per heavy atom. The van der Waals surface area contributed by atoms with E-state index in [4.69, 9.17) is 11.6 Å². The lowest BCUT2D eigenvalue weighted by Crippen LogP contribution is -2.02. The summed E-state index contributed by atoms with van der Waals surface area (Å²) in [6, 6.07) is 12.2. The number of anilines is 1. The molecule has 0 aliphatic carbocycles. The molecule has 0 spiro atoms. The summed E-state index contributed by atoms with van der Waals surface area (Å²) in [7, 11) is 0. The van der Waals surface area contributed by atoms with Gasteiger partial charge in [-0.2, -0.15) is 8.78 Å². The third-order valence-electron chi connectivity index (χ3n) is 2.81. The van der Waals surface area contributed by atoms with Crippen LogP contribution in [-0.4, -0.2) is 6.61 Å². The lowest BCUT2D eigenvalue weighted by molar-refractivity contribution is -0.0498. The van der Waals surface area contributed by atoms with Gasteiger partial charge in [0, 0.05) is 17.3 Å². The first kappa shape index (κ1) is 14.6. The quantitative estimate of drug-likeness (QED) is 0.851. The van der Waals surface area contributed by atoms with Crippen LogP contribution in [0.1, 0.15) is 11.1 Å². The molecule has 2 rings (SSSR count). The molecule has 0 heterocycles. The second-order valence-corrected chi connectivity index (χ2v) is 4.75. The highest BCUT2D eigenvalue weighted by atomic mass is 35.5. The predicted molar refractivity (Wildman–Crippen MR) is 76.6 cm³/mol. The number of nitrogens with one attached hydrogen (secondary N) is 1. The van der Waals surface area contributed by atoms with Crippen molar-refractivity contribution < 1.29 is 13.5 Å². The predicted octanol–water partition coefficient (Wildman–Crippen LogP) is 4.86. The molecule has 0 saturated heterocycles. The summed E-state index contributed by atoms with van der Waals surface area (Å²) >= 11 is 6.05. The lowest BCUT2D eigenvalue weighted by Gasteiger charge is -2.09. The monoisotopic (exact) mass is 297 g/mol. The number of aryl methyl sites for hydroxylation is 1. The summed E-state index contributed by atoms with van der Waals surface area (Å²) < 4.78 is 28.3. The van der Waals surface area contributed by atoms with E-state index in [-0.39, 0.29) is 5.75 Å². The van der Waals surface area contributed by atoms with E-state index in [2.05, 4.69) is 10.1 Å². The first-order valence-corrected chi connectivity index (χ1v) is 6.46. The van der Waals surface area contributed by atoms with Crippen molar-refractivity contribution in [3.05, 3.63) is 58.6 Å². The normalized spacial score (nSPS) is 10.7. The fourth-order valence-electron chi connectivity index (χ4n) is 1.70. The molecule has 0 aliphatic rings. The second-order valence-electron chi connectivity index (χ2n) is 4.34. The molecule has 0 fully saturated rings. The Morgan fingerprint density at radius 2 is 1.85 bits per heavy atom. The van der Waals surface area contributed by atoms with Crippen molar-refractivity contribution in [3.8, 4) is 5.75 Å². The molecule has 0 bridgehead atoms. The standard InChI is InChI=1S/C15H14ClF2NO/c1-10-2-3-11(8-14(10)16)9-19-12-4-6-13(7-5-12)20-15(17)18/h2-8,15,19H,9H2,1H3. The van der Waals surface area contributed by atoms with Crippen molar-refractivity contribution in [1.29, 1.82) is 0 Å². The van der Waals surface area contributed by atoms with Gasteiger partial charge in [-0.3, -0.25) is 0 Å². The van der Waals surface area contributed by atoms with E-state index in [0.29, 0.717) is 6.54 Å². The van der Waals surface area contributed by atoms with Crippen molar-refractivity contribution in [3.63, 3.8) is 0 Å². The van der Waals surface area contributed by atoms with Gasteiger partial charge in [0.05, 0.1) is 0 Å². The molecular formula is C15H14ClF2NO. The Balaban J connectivity index is 1.95. The fourth-order valence-corrected chi connectivity index (χ4v) is 1.91. The molecule has 2 nitrogen and oxygen atoms in total. The zero-order valence-electron chi connectivity index (χ0n) is 10.9. The molecule has 5 heteroatoms. The first-order chi connectivity index (χ1) is 9.54. The number of benzene rings is 2. The molecule has 0 atom stereocenters. The molecule has 2 aromatic carbocycles. The number of alkyl halides is 2. The van der Waals surface area contributed by atoms with Gasteiger partial charge in [-0.05, 0) is 48.4 Å². The van der Waals surface area contributed by atoms with E-state index in [9.17, 15) is 8.78 Å². The molecule has 0 saturated carbocycles. The molecule has 0 unspecified atom stereocenters. The number of rotatable bonds is 5. The molecule has 0 aromatic heterocycles. The zero-order chi connectivity index (χ0) is 14.5. The summed E-state index contributed by atoms with van der Waals surface area (Å²) in [5.41, 5.74) is 2.90. The van der Waals surface area contributed by atoms with Crippen LogP contribution in [0.4, 0.5) is 14.5 Å². The second kappa shape index (κ2) is 6.57. The average molecular weight is 298 g/mol. The van der Waals surface area contributed by atoms with Gasteiger partial charge in [0.2, 0.25) is 0 Å². The van der Waals surface area contributed by atoms with E-state index in [1.807, 2.05) is 25.1 Å². The number of hydrogen-bond donors (Lipinski definition) is 1. The summed E-state index contributed by atoms with van der Waals surface area (Å²) in [4.78, 5) is 0. The van der Waals surface area contributed by atoms with Gasteiger partial charge in [-0.1, -0.05) is 23.7 Å². The number of ether oxygens (including phenoxy) is 1. The summed E-state index contributed by atoms with van der Waals surface area (Å²) in [6.45, 7) is -0.250. The molecule has 0 radical (unpaired) electrons. The van der Waals surface area contributed by atoms with E-state index in [1.165, 1.54) is 12.1 Å². The minimum atomic E-state index is -2.80. The van der Waals surface area contributed by atoms with Crippen LogP contribution in [0.5, 0.6) is 5.75 Å². The zero-order valence-corrected chi connectivity index (χ0v) is 11.6. The Hall–Kier alpha value is -1.81. The maximum atomic E-state index is 12.0. The summed E-state index contributed by atoms with van der Waals surface area (Å²) in [5, 5.41) is 3.91. The van der Waals surface area contributed by atoms with Gasteiger partial charge >= 0.3 is 6.61 Å². The Morgan fingerprint density at radius 1 is 1.15 bits per heavy atom. The Labute approximate surface area is 121 Å². The highest BCUT2D eigenvalue weighted by Crippen LogP contribution is 2.20. The largest absolute Gasteiger partial charge is 0.435 e. The molecular weight excluding hydrogens is 284 g/mol. The molecule has 0 aliphatic heterocycles. The first-order valence-electron chi connectivity index (χ1n) is 6.08. The van der Waals surface area contributed by atoms with Gasteiger partial charge in [-0.25, -0.2) is 0 Å². The van der Waals surface area contributed by atoms with Gasteiger partial charge in [0.25, 0.3) is 0 Å². The summed E-state index contributed by atoms with van der Waals surface area (Å²) in [6.07, 6.45) is 0. The van der Waals surface area contributed by atoms with Crippen LogP contribution in [0, 0.1) is 6.92 Å². The van der Waals surface area contributed by atoms with Crippen LogP contribution in [-0.2, 0) is 6.54 Å². The van der Waals surface area contributed by atoms with Crippen LogP contribution >= 0.6 is 11.6 Å². The summed E-state index contributed by atoms with van der Waals surface area (Å²) in [5.74, 6) is 0.143. The van der Waals surface area contributed by atoms with Crippen LogP contribution in [0.25, 0.3) is 0 Å². The molecule has 0 amide bonds. The molecule has 20 heavy (non-hydrogen) atoms. The van der Waals surface area contributed by atoms with Gasteiger partial charge in [0.15, 0.2) is 0 Å². The van der Waals surface area contributed by atoms with Gasteiger partial charge < -0.3 is 10.1 Å². The van der Waals surface area contributed by atoms with Crippen LogP contribution < -0.4 is 10.1 Å². The van der Waals surface area contributed by atoms with Crippen molar-refractivity contribution in [1.82, 2.24) is 0 Å². The number of hydrogen-bond acceptors (Lipinski definition) is 2. The third kappa shape index (κ3) is 4.10. The minimum absolute atomic E-state index is 0.143. The lowest BCUT2D eigenvalue weighted by atomic mass is 10.1. The Kier molecular flexibility index (Phi) is 4.79. The molecule has 1 N–H and O–H groups in total. The van der Waals surface area contributed by atoms with E-state index in [0.717, 1.165) is 21.8 Å². The van der Waals surface area contributed by atoms with Gasteiger partial charge in [0.1, 0.15) is 5.75 Å². The minimum Gasteiger partial charge on any atom is -0.435 e. The van der Waals surface area contributed by atoms with Crippen molar-refractivity contribution in [2.75, 3.05) is 5.32 Å². The molecule has 106 valence electrons. The molecule has 2 aromatic rings. The maximum Gasteiger partial charge on any atom is 0.387 e. The highest BCUT2D eigenvalue weighted by molar-refractivity contribution is 6.31. The SMILES string of the molecule is Cc1ccc(CNc2ccc(OC(F)F)cc2)cc1Cl. The Bertz CT molecular complexity index is 573. The van der Waals surface area contributed by atoms with E-state index >= 15 is 0 Å². The van der Waals surface area contributed by atoms with Crippen LogP contribution in [0.15, 0.2) is 42.5 Å². The fraction of sp³-hybridized carbons (Fsp3) is 0.200. The van der Waals surface area contributed by atoms with Gasteiger partial charge in [-0.15, -0.1) is 0 Å². The smallest absolute Gasteiger partial charge is 0.387 e. The van der Waals surface area contributed by atoms with E-state index < -0.39 is 6.61 Å². The number of halogens is 3. The average Bonchev–Trinajstić information content (AvgIpc) is 2.41. The highest BCUT2D eigenvalue weighted by Gasteiger charge is 2.03. The van der Waals surface area contributed by atoms with Crippen molar-refractivity contribution in [2.24, 2.45) is 0 Å².